The number of nitrogens with zero attached hydrogens (tertiary/aromatic N) is 1. The lowest BCUT2D eigenvalue weighted by Crippen LogP contribution is -2.14. The fraction of sp³-hybridized carbons (Fsp3) is 0.208. The first-order valence-corrected chi connectivity index (χ1v) is 9.20. The summed E-state index contributed by atoms with van der Waals surface area (Å²) >= 11 is 0. The van der Waals surface area contributed by atoms with Gasteiger partial charge in [0.05, 0.1) is 11.2 Å². The van der Waals surface area contributed by atoms with E-state index in [0.717, 1.165) is 24.3 Å². The Hall–Kier alpha value is -2.67. The third-order valence-electron chi connectivity index (χ3n) is 5.58. The molecule has 0 amide bonds. The Balaban J connectivity index is 1.91. The van der Waals surface area contributed by atoms with Crippen molar-refractivity contribution >= 4 is 21.7 Å². The number of fused-ring (bicyclic) bond motifs is 5. The van der Waals surface area contributed by atoms with E-state index in [9.17, 15) is 0 Å². The van der Waals surface area contributed by atoms with Crippen molar-refractivity contribution in [3.8, 4) is 11.3 Å². The van der Waals surface area contributed by atoms with Crippen LogP contribution in [0.4, 0.5) is 0 Å². The van der Waals surface area contributed by atoms with Crippen molar-refractivity contribution in [3.05, 3.63) is 77.9 Å². The van der Waals surface area contributed by atoms with Crippen molar-refractivity contribution in [3.63, 3.8) is 0 Å². The molecule has 0 saturated carbocycles. The molecule has 0 radical (unpaired) electrons. The van der Waals surface area contributed by atoms with Crippen LogP contribution in [0.5, 0.6) is 0 Å². The molecule has 1 aromatic heterocycles. The average molecular weight is 323 g/mol. The summed E-state index contributed by atoms with van der Waals surface area (Å²) in [5.41, 5.74) is 6.55. The molecule has 0 aliphatic heterocycles. The quantitative estimate of drug-likeness (QED) is 0.381. The van der Waals surface area contributed by atoms with Gasteiger partial charge in [-0.1, -0.05) is 67.6 Å². The molecule has 5 rings (SSSR count). The third-order valence-corrected chi connectivity index (χ3v) is 5.58. The van der Waals surface area contributed by atoms with E-state index in [4.69, 9.17) is 4.98 Å². The first-order valence-electron chi connectivity index (χ1n) is 9.20. The summed E-state index contributed by atoms with van der Waals surface area (Å²) in [5.74, 6) is 0.726. The third kappa shape index (κ3) is 2.34. The SMILES string of the molecule is C[C@H]1CCc2c(c(-c3ccccc3)nc3ccc4ccccc4c23)C1. The Kier molecular flexibility index (Phi) is 3.34. The molecule has 4 aromatic rings. The number of benzene rings is 3. The molecule has 0 bridgehead atoms. The minimum Gasteiger partial charge on any atom is -0.247 e. The van der Waals surface area contributed by atoms with Crippen LogP contribution in [0.2, 0.25) is 0 Å². The highest BCUT2D eigenvalue weighted by molar-refractivity contribution is 6.09. The second kappa shape index (κ2) is 5.70. The van der Waals surface area contributed by atoms with Crippen LogP contribution >= 0.6 is 0 Å². The number of rotatable bonds is 1. The van der Waals surface area contributed by atoms with Gasteiger partial charge < -0.3 is 0 Å². The topological polar surface area (TPSA) is 12.9 Å². The van der Waals surface area contributed by atoms with Crippen LogP contribution in [0, 0.1) is 5.92 Å². The predicted molar refractivity (Wildman–Crippen MR) is 106 cm³/mol. The van der Waals surface area contributed by atoms with Gasteiger partial charge in [0.1, 0.15) is 0 Å². The molecule has 1 aliphatic rings. The van der Waals surface area contributed by atoms with Crippen molar-refractivity contribution in [1.29, 1.82) is 0 Å². The monoisotopic (exact) mass is 323 g/mol. The van der Waals surface area contributed by atoms with Crippen LogP contribution < -0.4 is 0 Å². The van der Waals surface area contributed by atoms with Gasteiger partial charge in [0, 0.05) is 10.9 Å². The van der Waals surface area contributed by atoms with Crippen molar-refractivity contribution < 1.29 is 0 Å². The molecular formula is C24H21N. The molecular weight excluding hydrogens is 302 g/mol. The van der Waals surface area contributed by atoms with Gasteiger partial charge >= 0.3 is 0 Å². The van der Waals surface area contributed by atoms with Gasteiger partial charge in [0.2, 0.25) is 0 Å². The molecule has 3 aromatic carbocycles. The zero-order valence-corrected chi connectivity index (χ0v) is 14.5. The van der Waals surface area contributed by atoms with E-state index in [0.29, 0.717) is 0 Å². The Morgan fingerprint density at radius 1 is 0.840 bits per heavy atom. The molecule has 1 nitrogen and oxygen atoms in total. The maximum absolute atomic E-state index is 5.14. The van der Waals surface area contributed by atoms with Gasteiger partial charge in [0.15, 0.2) is 0 Å². The molecule has 1 heterocycles. The maximum atomic E-state index is 5.14. The lowest BCUT2D eigenvalue weighted by Gasteiger charge is -2.26. The molecule has 0 fully saturated rings. The number of pyridine rings is 1. The van der Waals surface area contributed by atoms with Crippen molar-refractivity contribution in [1.82, 2.24) is 4.98 Å². The Bertz CT molecular complexity index is 1080. The van der Waals surface area contributed by atoms with E-state index in [1.807, 2.05) is 0 Å². The van der Waals surface area contributed by atoms with Crippen LogP contribution in [-0.2, 0) is 12.8 Å². The summed E-state index contributed by atoms with van der Waals surface area (Å²) in [6.07, 6.45) is 3.55. The fourth-order valence-electron chi connectivity index (χ4n) is 4.32. The Labute approximate surface area is 148 Å². The van der Waals surface area contributed by atoms with Crippen molar-refractivity contribution in [2.24, 2.45) is 5.92 Å². The average Bonchev–Trinajstić information content (AvgIpc) is 2.67. The summed E-state index contributed by atoms with van der Waals surface area (Å²) in [6, 6.07) is 23.8. The van der Waals surface area contributed by atoms with E-state index < -0.39 is 0 Å². The largest absolute Gasteiger partial charge is 0.247 e. The number of hydrogen-bond acceptors (Lipinski definition) is 1. The van der Waals surface area contributed by atoms with Gasteiger partial charge in [-0.3, -0.25) is 0 Å². The van der Waals surface area contributed by atoms with E-state index >= 15 is 0 Å². The first-order chi connectivity index (χ1) is 12.3. The van der Waals surface area contributed by atoms with E-state index in [1.54, 1.807) is 0 Å². The highest BCUT2D eigenvalue weighted by atomic mass is 14.7. The normalized spacial score (nSPS) is 16.9. The van der Waals surface area contributed by atoms with Crippen LogP contribution in [0.3, 0.4) is 0 Å². The van der Waals surface area contributed by atoms with Crippen LogP contribution in [0.25, 0.3) is 32.9 Å². The molecule has 25 heavy (non-hydrogen) atoms. The Morgan fingerprint density at radius 3 is 2.52 bits per heavy atom. The van der Waals surface area contributed by atoms with Crippen molar-refractivity contribution in [2.75, 3.05) is 0 Å². The van der Waals surface area contributed by atoms with E-state index in [2.05, 4.69) is 73.7 Å². The summed E-state index contributed by atoms with van der Waals surface area (Å²) in [6.45, 7) is 2.37. The zero-order valence-electron chi connectivity index (χ0n) is 14.5. The summed E-state index contributed by atoms with van der Waals surface area (Å²) < 4.78 is 0. The molecule has 0 saturated heterocycles. The predicted octanol–water partition coefficient (Wildman–Crippen LogP) is 6.18. The van der Waals surface area contributed by atoms with E-state index in [-0.39, 0.29) is 0 Å². The van der Waals surface area contributed by atoms with Crippen molar-refractivity contribution in [2.45, 2.75) is 26.2 Å². The molecule has 122 valence electrons. The lowest BCUT2D eigenvalue weighted by atomic mass is 9.80. The number of aromatic nitrogens is 1. The van der Waals surface area contributed by atoms with E-state index in [1.165, 1.54) is 45.0 Å². The van der Waals surface area contributed by atoms with Gasteiger partial charge in [-0.2, -0.15) is 0 Å². The first kappa shape index (κ1) is 14.7. The number of aryl methyl sites for hydroxylation is 1. The second-order valence-corrected chi connectivity index (χ2v) is 7.31. The summed E-state index contributed by atoms with van der Waals surface area (Å²) in [7, 11) is 0. The molecule has 1 heteroatoms. The number of hydrogen-bond donors (Lipinski definition) is 0. The minimum absolute atomic E-state index is 0.726. The van der Waals surface area contributed by atoms with Gasteiger partial charge in [-0.15, -0.1) is 0 Å². The fourth-order valence-corrected chi connectivity index (χ4v) is 4.32. The maximum Gasteiger partial charge on any atom is 0.0744 e. The smallest absolute Gasteiger partial charge is 0.0744 e. The second-order valence-electron chi connectivity index (χ2n) is 7.31. The highest BCUT2D eigenvalue weighted by Crippen LogP contribution is 2.39. The van der Waals surface area contributed by atoms with Crippen LogP contribution in [-0.4, -0.2) is 4.98 Å². The molecule has 0 N–H and O–H groups in total. The summed E-state index contributed by atoms with van der Waals surface area (Å²) in [5, 5.41) is 4.03. The summed E-state index contributed by atoms with van der Waals surface area (Å²) in [4.78, 5) is 5.14. The molecule has 1 aliphatic carbocycles. The van der Waals surface area contributed by atoms with Crippen LogP contribution in [0.1, 0.15) is 24.5 Å². The molecule has 0 spiro atoms. The van der Waals surface area contributed by atoms with Crippen LogP contribution in [0.15, 0.2) is 66.7 Å². The van der Waals surface area contributed by atoms with Gasteiger partial charge in [-0.05, 0) is 53.1 Å². The minimum atomic E-state index is 0.726. The van der Waals surface area contributed by atoms with Gasteiger partial charge in [-0.25, -0.2) is 4.98 Å². The standard InChI is InChI=1S/C24H21N/c1-16-11-13-20-21(15-16)24(18-8-3-2-4-9-18)25-22-14-12-17-7-5-6-10-19(17)23(20)22/h2-10,12,14,16H,11,13,15H2,1H3/t16-/m0/s1. The zero-order chi connectivity index (χ0) is 16.8. The molecule has 1 atom stereocenters. The molecule has 0 unspecified atom stereocenters. The van der Waals surface area contributed by atoms with Gasteiger partial charge in [0.25, 0.3) is 0 Å². The Morgan fingerprint density at radius 2 is 1.64 bits per heavy atom. The lowest BCUT2D eigenvalue weighted by molar-refractivity contribution is 0.503. The highest BCUT2D eigenvalue weighted by Gasteiger charge is 2.23.